The Morgan fingerprint density at radius 2 is 2.27 bits per heavy atom. The van der Waals surface area contributed by atoms with Gasteiger partial charge in [-0.1, -0.05) is 13.8 Å². The van der Waals surface area contributed by atoms with Crippen LogP contribution >= 0.6 is 11.3 Å². The molecule has 0 bridgehead atoms. The van der Waals surface area contributed by atoms with Crippen molar-refractivity contribution in [3.63, 3.8) is 0 Å². The third-order valence-electron chi connectivity index (χ3n) is 2.35. The summed E-state index contributed by atoms with van der Waals surface area (Å²) in [6.45, 7) is 7.80. The van der Waals surface area contributed by atoms with E-state index in [1.165, 1.54) is 4.88 Å². The number of aliphatic hydroxyl groups excluding tert-OH is 1. The first-order valence-electron chi connectivity index (χ1n) is 5.39. The number of thiazole rings is 1. The first-order chi connectivity index (χ1) is 7.09. The lowest BCUT2D eigenvalue weighted by molar-refractivity contribution is 0.116. The van der Waals surface area contributed by atoms with Gasteiger partial charge >= 0.3 is 0 Å². The molecule has 1 aromatic rings. The van der Waals surface area contributed by atoms with Gasteiger partial charge in [0.2, 0.25) is 0 Å². The van der Waals surface area contributed by atoms with E-state index in [1.54, 1.807) is 11.3 Å². The van der Waals surface area contributed by atoms with Gasteiger partial charge in [0.25, 0.3) is 0 Å². The Morgan fingerprint density at radius 3 is 2.80 bits per heavy atom. The van der Waals surface area contributed by atoms with Gasteiger partial charge in [0.1, 0.15) is 0 Å². The standard InChI is InChI=1S/C11H20N2OS/c1-8(2)11(14)4-5-12-6-10-7-13-9(3)15-10/h7-8,11-12,14H,4-6H2,1-3H3. The number of nitrogens with zero attached hydrogens (tertiary/aromatic N) is 1. The average molecular weight is 228 g/mol. The number of hydrogen-bond donors (Lipinski definition) is 2. The zero-order valence-electron chi connectivity index (χ0n) is 9.66. The molecule has 15 heavy (non-hydrogen) atoms. The van der Waals surface area contributed by atoms with E-state index in [2.05, 4.69) is 10.3 Å². The van der Waals surface area contributed by atoms with Crippen LogP contribution in [0.4, 0.5) is 0 Å². The van der Waals surface area contributed by atoms with E-state index in [-0.39, 0.29) is 6.10 Å². The van der Waals surface area contributed by atoms with Gasteiger partial charge < -0.3 is 10.4 Å². The highest BCUT2D eigenvalue weighted by Crippen LogP contribution is 2.11. The van der Waals surface area contributed by atoms with E-state index in [9.17, 15) is 5.11 Å². The molecule has 86 valence electrons. The van der Waals surface area contributed by atoms with Crippen LogP contribution in [-0.4, -0.2) is 22.7 Å². The molecule has 0 aromatic carbocycles. The lowest BCUT2D eigenvalue weighted by Crippen LogP contribution is -2.23. The Bertz CT molecular complexity index is 286. The van der Waals surface area contributed by atoms with E-state index in [0.717, 1.165) is 24.5 Å². The molecule has 1 heterocycles. The minimum Gasteiger partial charge on any atom is -0.393 e. The molecule has 0 aliphatic rings. The molecule has 3 nitrogen and oxygen atoms in total. The Hall–Kier alpha value is -0.450. The smallest absolute Gasteiger partial charge is 0.0897 e. The molecule has 1 unspecified atom stereocenters. The Kier molecular flexibility index (Phi) is 5.22. The molecule has 1 rings (SSSR count). The summed E-state index contributed by atoms with van der Waals surface area (Å²) >= 11 is 1.72. The van der Waals surface area contributed by atoms with Crippen molar-refractivity contribution in [1.29, 1.82) is 0 Å². The predicted octanol–water partition coefficient (Wildman–Crippen LogP) is 1.95. The number of aryl methyl sites for hydroxylation is 1. The highest BCUT2D eigenvalue weighted by atomic mass is 32.1. The van der Waals surface area contributed by atoms with Crippen molar-refractivity contribution in [2.24, 2.45) is 5.92 Å². The zero-order chi connectivity index (χ0) is 11.3. The Morgan fingerprint density at radius 1 is 1.53 bits per heavy atom. The Balaban J connectivity index is 2.12. The quantitative estimate of drug-likeness (QED) is 0.732. The lowest BCUT2D eigenvalue weighted by atomic mass is 10.0. The molecule has 1 atom stereocenters. The van der Waals surface area contributed by atoms with Crippen LogP contribution in [-0.2, 0) is 6.54 Å². The largest absolute Gasteiger partial charge is 0.393 e. The second-order valence-electron chi connectivity index (χ2n) is 4.12. The van der Waals surface area contributed by atoms with Gasteiger partial charge in [0, 0.05) is 17.6 Å². The van der Waals surface area contributed by atoms with Crippen LogP contribution in [0, 0.1) is 12.8 Å². The fourth-order valence-electron chi connectivity index (χ4n) is 1.28. The van der Waals surface area contributed by atoms with Crippen LogP contribution in [0.2, 0.25) is 0 Å². The number of aliphatic hydroxyl groups is 1. The van der Waals surface area contributed by atoms with Crippen molar-refractivity contribution in [3.8, 4) is 0 Å². The lowest BCUT2D eigenvalue weighted by Gasteiger charge is -2.14. The molecular weight excluding hydrogens is 208 g/mol. The molecule has 0 aliphatic heterocycles. The minimum atomic E-state index is -0.194. The van der Waals surface area contributed by atoms with Crippen LogP contribution in [0.3, 0.4) is 0 Å². The number of nitrogens with one attached hydrogen (secondary N) is 1. The molecule has 0 radical (unpaired) electrons. The molecule has 0 saturated carbocycles. The van der Waals surface area contributed by atoms with Crippen LogP contribution in [0.25, 0.3) is 0 Å². The first kappa shape index (κ1) is 12.6. The fourth-order valence-corrected chi connectivity index (χ4v) is 2.05. The van der Waals surface area contributed by atoms with Crippen molar-refractivity contribution < 1.29 is 5.11 Å². The highest BCUT2D eigenvalue weighted by Gasteiger charge is 2.07. The van der Waals surface area contributed by atoms with E-state index < -0.39 is 0 Å². The summed E-state index contributed by atoms with van der Waals surface area (Å²) in [5, 5.41) is 14.0. The summed E-state index contributed by atoms with van der Waals surface area (Å²) < 4.78 is 0. The number of rotatable bonds is 6. The van der Waals surface area contributed by atoms with Gasteiger partial charge in [-0.25, -0.2) is 4.98 Å². The van der Waals surface area contributed by atoms with Crippen LogP contribution in [0.5, 0.6) is 0 Å². The maximum absolute atomic E-state index is 9.58. The summed E-state index contributed by atoms with van der Waals surface area (Å²) in [6, 6.07) is 0. The van der Waals surface area contributed by atoms with Gasteiger partial charge in [-0.05, 0) is 25.8 Å². The third kappa shape index (κ3) is 4.73. The van der Waals surface area contributed by atoms with Crippen molar-refractivity contribution >= 4 is 11.3 Å². The van der Waals surface area contributed by atoms with E-state index >= 15 is 0 Å². The molecule has 4 heteroatoms. The molecule has 1 aromatic heterocycles. The molecular formula is C11H20N2OS. The fraction of sp³-hybridized carbons (Fsp3) is 0.727. The van der Waals surface area contributed by atoms with Gasteiger partial charge in [-0.15, -0.1) is 11.3 Å². The van der Waals surface area contributed by atoms with E-state index in [1.807, 2.05) is 27.0 Å². The first-order valence-corrected chi connectivity index (χ1v) is 6.21. The second-order valence-corrected chi connectivity index (χ2v) is 5.44. The van der Waals surface area contributed by atoms with Gasteiger partial charge in [0.15, 0.2) is 0 Å². The predicted molar refractivity (Wildman–Crippen MR) is 64.0 cm³/mol. The normalized spacial score (nSPS) is 13.4. The van der Waals surface area contributed by atoms with Gasteiger partial charge in [-0.2, -0.15) is 0 Å². The van der Waals surface area contributed by atoms with E-state index in [4.69, 9.17) is 0 Å². The number of hydrogen-bond acceptors (Lipinski definition) is 4. The molecule has 0 fully saturated rings. The van der Waals surface area contributed by atoms with Crippen LogP contribution in [0.15, 0.2) is 6.20 Å². The van der Waals surface area contributed by atoms with Crippen molar-refractivity contribution in [2.75, 3.05) is 6.54 Å². The molecule has 0 spiro atoms. The number of aromatic nitrogens is 1. The van der Waals surface area contributed by atoms with Crippen molar-refractivity contribution in [2.45, 2.75) is 39.8 Å². The molecule has 0 amide bonds. The summed E-state index contributed by atoms with van der Waals surface area (Å²) in [5.74, 6) is 0.345. The SMILES string of the molecule is Cc1ncc(CNCCC(O)C(C)C)s1. The Labute approximate surface area is 95.6 Å². The zero-order valence-corrected chi connectivity index (χ0v) is 10.5. The van der Waals surface area contributed by atoms with Crippen LogP contribution in [0.1, 0.15) is 30.2 Å². The third-order valence-corrected chi connectivity index (χ3v) is 3.27. The molecule has 2 N–H and O–H groups in total. The monoisotopic (exact) mass is 228 g/mol. The molecule has 0 aliphatic carbocycles. The van der Waals surface area contributed by atoms with Crippen molar-refractivity contribution in [3.05, 3.63) is 16.1 Å². The van der Waals surface area contributed by atoms with Gasteiger partial charge in [0.05, 0.1) is 11.1 Å². The average Bonchev–Trinajstić information content (AvgIpc) is 2.58. The topological polar surface area (TPSA) is 45.2 Å². The van der Waals surface area contributed by atoms with Crippen LogP contribution < -0.4 is 5.32 Å². The van der Waals surface area contributed by atoms with E-state index in [0.29, 0.717) is 5.92 Å². The summed E-state index contributed by atoms with van der Waals surface area (Å²) in [6.07, 6.45) is 2.53. The summed E-state index contributed by atoms with van der Waals surface area (Å²) in [5.41, 5.74) is 0. The maximum atomic E-state index is 9.58. The minimum absolute atomic E-state index is 0.194. The maximum Gasteiger partial charge on any atom is 0.0897 e. The van der Waals surface area contributed by atoms with Gasteiger partial charge in [-0.3, -0.25) is 0 Å². The highest BCUT2D eigenvalue weighted by molar-refractivity contribution is 7.11. The molecule has 0 saturated heterocycles. The summed E-state index contributed by atoms with van der Waals surface area (Å²) in [7, 11) is 0. The van der Waals surface area contributed by atoms with Crippen molar-refractivity contribution in [1.82, 2.24) is 10.3 Å². The second kappa shape index (κ2) is 6.20. The summed E-state index contributed by atoms with van der Waals surface area (Å²) in [4.78, 5) is 5.44.